The molecule has 0 fully saturated rings. The highest BCUT2D eigenvalue weighted by Gasteiger charge is 2.30. The number of carbonyl (C=O) groups excluding carboxylic acids is 1. The molecule has 0 unspecified atom stereocenters. The fourth-order valence-corrected chi connectivity index (χ4v) is 5.98. The van der Waals surface area contributed by atoms with Gasteiger partial charge in [0, 0.05) is 12.2 Å². The van der Waals surface area contributed by atoms with Crippen LogP contribution < -0.4 is 10.1 Å². The summed E-state index contributed by atoms with van der Waals surface area (Å²) in [6, 6.07) is 16.1. The number of nitrogens with zero attached hydrogens (tertiary/aromatic N) is 1. The summed E-state index contributed by atoms with van der Waals surface area (Å²) in [6.07, 6.45) is 0. The summed E-state index contributed by atoms with van der Waals surface area (Å²) in [7, 11) is -2.46. The zero-order chi connectivity index (χ0) is 25.0. The second-order valence-electron chi connectivity index (χ2n) is 8.38. The van der Waals surface area contributed by atoms with Crippen molar-refractivity contribution in [3.05, 3.63) is 87.4 Å². The minimum absolute atomic E-state index is 0.0617. The molecule has 34 heavy (non-hydrogen) atoms. The molecule has 0 aliphatic rings. The summed E-state index contributed by atoms with van der Waals surface area (Å²) < 4.78 is 33.9. The molecule has 3 rings (SSSR count). The topological polar surface area (TPSA) is 75.7 Å². The summed E-state index contributed by atoms with van der Waals surface area (Å²) in [5, 5.41) is 3.08. The molecule has 0 heterocycles. The Kier molecular flexibility index (Phi) is 8.02. The molecule has 180 valence electrons. The van der Waals surface area contributed by atoms with Gasteiger partial charge in [-0.25, -0.2) is 8.42 Å². The van der Waals surface area contributed by atoms with Crippen molar-refractivity contribution in [3.8, 4) is 5.75 Å². The van der Waals surface area contributed by atoms with Gasteiger partial charge in [-0.3, -0.25) is 4.79 Å². The van der Waals surface area contributed by atoms with Gasteiger partial charge in [0.05, 0.1) is 23.6 Å². The highest BCUT2D eigenvalue weighted by Crippen LogP contribution is 2.28. The number of carbonyl (C=O) groups is 1. The summed E-state index contributed by atoms with van der Waals surface area (Å²) in [4.78, 5) is 13.2. The fraction of sp³-hybridized carbons (Fsp3) is 0.269. The van der Waals surface area contributed by atoms with E-state index in [-0.39, 0.29) is 18.0 Å². The Bertz CT molecular complexity index is 1280. The maximum Gasteiger partial charge on any atom is 0.244 e. The van der Waals surface area contributed by atoms with Crippen LogP contribution in [0, 0.1) is 27.7 Å². The minimum Gasteiger partial charge on any atom is -0.495 e. The molecule has 0 saturated carbocycles. The minimum atomic E-state index is -3.97. The molecular formula is C26H29ClN2O4S. The number of hydrogen-bond donors (Lipinski definition) is 1. The van der Waals surface area contributed by atoms with Crippen LogP contribution in [-0.2, 0) is 21.4 Å². The van der Waals surface area contributed by atoms with Gasteiger partial charge in [-0.1, -0.05) is 59.1 Å². The Morgan fingerprint density at radius 3 is 2.12 bits per heavy atom. The van der Waals surface area contributed by atoms with Crippen molar-refractivity contribution < 1.29 is 17.9 Å². The van der Waals surface area contributed by atoms with Gasteiger partial charge in [-0.15, -0.1) is 0 Å². The number of anilines is 1. The van der Waals surface area contributed by atoms with Crippen LogP contribution in [-0.4, -0.2) is 32.3 Å². The van der Waals surface area contributed by atoms with Crippen LogP contribution in [0.3, 0.4) is 0 Å². The van der Waals surface area contributed by atoms with Gasteiger partial charge in [0.1, 0.15) is 5.75 Å². The molecule has 3 aromatic carbocycles. The molecule has 8 heteroatoms. The number of amides is 1. The standard InChI is InChI=1S/C26H29ClN2O4S/c1-17-6-8-21(9-7-17)15-29(34(31,32)26-19(3)12-18(2)13-20(26)4)16-25(30)28-22-10-11-24(33-5)23(27)14-22/h6-14H,15-16H2,1-5H3,(H,28,30). The molecule has 3 aromatic rings. The van der Waals surface area contributed by atoms with Crippen molar-refractivity contribution >= 4 is 33.2 Å². The van der Waals surface area contributed by atoms with Crippen LogP contribution in [0.5, 0.6) is 5.75 Å². The fourth-order valence-electron chi connectivity index (χ4n) is 3.93. The molecule has 0 radical (unpaired) electrons. The van der Waals surface area contributed by atoms with Gasteiger partial charge in [0.15, 0.2) is 0 Å². The Morgan fingerprint density at radius 2 is 1.56 bits per heavy atom. The molecule has 0 aliphatic heterocycles. The summed E-state index contributed by atoms with van der Waals surface area (Å²) in [5.41, 5.74) is 4.58. The molecule has 0 aliphatic carbocycles. The lowest BCUT2D eigenvalue weighted by Gasteiger charge is -2.24. The smallest absolute Gasteiger partial charge is 0.244 e. The van der Waals surface area contributed by atoms with E-state index in [0.717, 1.165) is 16.7 Å². The summed E-state index contributed by atoms with van der Waals surface area (Å²) in [5.74, 6) is 0.00732. The largest absolute Gasteiger partial charge is 0.495 e. The number of benzene rings is 3. The van der Waals surface area contributed by atoms with Crippen molar-refractivity contribution in [2.75, 3.05) is 19.0 Å². The average molecular weight is 501 g/mol. The van der Waals surface area contributed by atoms with E-state index in [1.807, 2.05) is 50.2 Å². The highest BCUT2D eigenvalue weighted by molar-refractivity contribution is 7.89. The third-order valence-electron chi connectivity index (χ3n) is 5.44. The molecule has 1 amide bonds. The van der Waals surface area contributed by atoms with E-state index >= 15 is 0 Å². The van der Waals surface area contributed by atoms with E-state index in [1.54, 1.807) is 32.0 Å². The first-order chi connectivity index (χ1) is 16.0. The van der Waals surface area contributed by atoms with Gasteiger partial charge >= 0.3 is 0 Å². The highest BCUT2D eigenvalue weighted by atomic mass is 35.5. The van der Waals surface area contributed by atoms with Crippen molar-refractivity contribution in [1.29, 1.82) is 0 Å². The molecular weight excluding hydrogens is 472 g/mol. The molecule has 0 atom stereocenters. The van der Waals surface area contributed by atoms with E-state index in [4.69, 9.17) is 16.3 Å². The van der Waals surface area contributed by atoms with Crippen LogP contribution in [0.1, 0.15) is 27.8 Å². The normalized spacial score (nSPS) is 11.5. The van der Waals surface area contributed by atoms with Crippen LogP contribution in [0.25, 0.3) is 0 Å². The van der Waals surface area contributed by atoms with Crippen molar-refractivity contribution in [2.24, 2.45) is 0 Å². The Hall–Kier alpha value is -2.87. The number of sulfonamides is 1. The lowest BCUT2D eigenvalue weighted by molar-refractivity contribution is -0.116. The number of hydrogen-bond acceptors (Lipinski definition) is 4. The number of aryl methyl sites for hydroxylation is 4. The maximum absolute atomic E-state index is 13.8. The van der Waals surface area contributed by atoms with Crippen molar-refractivity contribution in [3.63, 3.8) is 0 Å². The zero-order valence-corrected chi connectivity index (χ0v) is 21.5. The van der Waals surface area contributed by atoms with E-state index in [2.05, 4.69) is 5.32 Å². The second-order valence-corrected chi connectivity index (χ2v) is 10.7. The molecule has 0 bridgehead atoms. The van der Waals surface area contributed by atoms with Crippen LogP contribution in [0.2, 0.25) is 5.02 Å². The van der Waals surface area contributed by atoms with E-state index in [0.29, 0.717) is 27.6 Å². The van der Waals surface area contributed by atoms with E-state index < -0.39 is 15.9 Å². The van der Waals surface area contributed by atoms with Gasteiger partial charge in [0.2, 0.25) is 15.9 Å². The van der Waals surface area contributed by atoms with Crippen LogP contribution in [0.15, 0.2) is 59.5 Å². The SMILES string of the molecule is COc1ccc(NC(=O)CN(Cc2ccc(C)cc2)S(=O)(=O)c2c(C)cc(C)cc2C)cc1Cl. The van der Waals surface area contributed by atoms with Crippen molar-refractivity contribution in [2.45, 2.75) is 39.1 Å². The Labute approximate surface area is 206 Å². The lowest BCUT2D eigenvalue weighted by atomic mass is 10.1. The first-order valence-corrected chi connectivity index (χ1v) is 12.6. The Morgan fingerprint density at radius 1 is 0.941 bits per heavy atom. The number of ether oxygens (including phenoxy) is 1. The first kappa shape index (κ1) is 25.7. The van der Waals surface area contributed by atoms with E-state index in [1.165, 1.54) is 11.4 Å². The first-order valence-electron chi connectivity index (χ1n) is 10.8. The quantitative estimate of drug-likeness (QED) is 0.448. The number of methoxy groups -OCH3 is 1. The summed E-state index contributed by atoms with van der Waals surface area (Å²) in [6.45, 7) is 7.14. The van der Waals surface area contributed by atoms with Crippen LogP contribution >= 0.6 is 11.6 Å². The molecule has 6 nitrogen and oxygen atoms in total. The Balaban J connectivity index is 1.94. The van der Waals surface area contributed by atoms with Gasteiger partial charge in [-0.05, 0) is 62.6 Å². The predicted octanol–water partition coefficient (Wildman–Crippen LogP) is 5.41. The second kappa shape index (κ2) is 10.6. The molecule has 0 saturated heterocycles. The van der Waals surface area contributed by atoms with Crippen LogP contribution in [0.4, 0.5) is 5.69 Å². The number of rotatable bonds is 8. The maximum atomic E-state index is 13.8. The molecule has 1 N–H and O–H groups in total. The monoisotopic (exact) mass is 500 g/mol. The lowest BCUT2D eigenvalue weighted by Crippen LogP contribution is -2.38. The van der Waals surface area contributed by atoms with Gasteiger partial charge in [-0.2, -0.15) is 4.31 Å². The zero-order valence-electron chi connectivity index (χ0n) is 20.0. The average Bonchev–Trinajstić information content (AvgIpc) is 2.74. The van der Waals surface area contributed by atoms with Gasteiger partial charge < -0.3 is 10.1 Å². The number of halogens is 1. The van der Waals surface area contributed by atoms with Crippen molar-refractivity contribution in [1.82, 2.24) is 4.31 Å². The van der Waals surface area contributed by atoms with E-state index in [9.17, 15) is 13.2 Å². The number of nitrogens with one attached hydrogen (secondary N) is 1. The van der Waals surface area contributed by atoms with Gasteiger partial charge in [0.25, 0.3) is 0 Å². The summed E-state index contributed by atoms with van der Waals surface area (Å²) >= 11 is 6.16. The predicted molar refractivity (Wildman–Crippen MR) is 136 cm³/mol. The molecule has 0 spiro atoms. The molecule has 0 aromatic heterocycles. The third kappa shape index (κ3) is 5.97. The third-order valence-corrected chi connectivity index (χ3v) is 7.83.